The van der Waals surface area contributed by atoms with Gasteiger partial charge in [0.1, 0.15) is 11.1 Å². The lowest BCUT2D eigenvalue weighted by Gasteiger charge is -2.33. The standard InChI is InChI=1S/C29H24F3N5O7S2/c30-29(31,32)28(39)44-37(46(42,43)21-9-5-2-6-10-21)17-23(27-34-16-24(35-27)18-7-3-1-4-8-18)19-11-12-22(20(13-19)15-33)25-14-26(38)36-45(25,40)41/h1-13,16,23,25,40-41H,14,17H2,(H,34,35)(H,36,38). The summed E-state index contributed by atoms with van der Waals surface area (Å²) in [5.41, 5.74) is 1.26. The molecule has 2 heterocycles. The van der Waals surface area contributed by atoms with Gasteiger partial charge >= 0.3 is 12.1 Å². The summed E-state index contributed by atoms with van der Waals surface area (Å²) in [6, 6.07) is 21.0. The number of alkyl halides is 3. The summed E-state index contributed by atoms with van der Waals surface area (Å²) < 4.78 is 90.0. The fraction of sp³-hybridized carbons (Fsp3) is 0.172. The monoisotopic (exact) mass is 675 g/mol. The highest BCUT2D eigenvalue weighted by atomic mass is 32.3. The van der Waals surface area contributed by atoms with E-state index < -0.39 is 61.5 Å². The van der Waals surface area contributed by atoms with Crippen molar-refractivity contribution >= 4 is 32.7 Å². The van der Waals surface area contributed by atoms with Crippen molar-refractivity contribution in [3.05, 3.63) is 108 Å². The Hall–Kier alpha value is -4.73. The van der Waals surface area contributed by atoms with E-state index in [1.807, 2.05) is 6.07 Å². The minimum atomic E-state index is -5.54. The molecule has 2 atom stereocenters. The molecule has 5 rings (SSSR count). The second-order valence-electron chi connectivity index (χ2n) is 10.1. The quantitative estimate of drug-likeness (QED) is 0.177. The molecule has 0 aliphatic carbocycles. The maximum absolute atomic E-state index is 13.6. The number of carbonyl (C=O) groups is 2. The summed E-state index contributed by atoms with van der Waals surface area (Å²) in [7, 11) is -8.55. The molecule has 4 aromatic rings. The van der Waals surface area contributed by atoms with E-state index in [1.54, 1.807) is 30.3 Å². The zero-order valence-electron chi connectivity index (χ0n) is 23.4. The normalized spacial score (nSPS) is 17.6. The molecule has 0 spiro atoms. The van der Waals surface area contributed by atoms with Gasteiger partial charge < -0.3 is 9.82 Å². The van der Waals surface area contributed by atoms with Gasteiger partial charge in [0.15, 0.2) is 0 Å². The van der Waals surface area contributed by atoms with Crippen LogP contribution in [0, 0.1) is 11.3 Å². The zero-order chi connectivity index (χ0) is 33.3. The number of amides is 1. The first-order valence-electron chi connectivity index (χ1n) is 13.3. The highest BCUT2D eigenvalue weighted by Gasteiger charge is 2.45. The number of H-pyrrole nitrogens is 1. The van der Waals surface area contributed by atoms with Gasteiger partial charge in [0, 0.05) is 0 Å². The van der Waals surface area contributed by atoms with Gasteiger partial charge in [0.25, 0.3) is 10.0 Å². The molecule has 4 N–H and O–H groups in total. The number of carbonyl (C=O) groups excluding carboxylic acids is 2. The molecule has 1 aliphatic heterocycles. The molecule has 12 nitrogen and oxygen atoms in total. The van der Waals surface area contributed by atoms with Crippen LogP contribution in [0.25, 0.3) is 11.3 Å². The van der Waals surface area contributed by atoms with Crippen LogP contribution in [0.3, 0.4) is 0 Å². The van der Waals surface area contributed by atoms with E-state index in [2.05, 4.69) is 19.5 Å². The smallest absolute Gasteiger partial charge is 0.345 e. The third-order valence-corrected chi connectivity index (χ3v) is 10.4. The second-order valence-corrected chi connectivity index (χ2v) is 13.8. The van der Waals surface area contributed by atoms with Gasteiger partial charge in [-0.15, -0.1) is 10.8 Å². The maximum Gasteiger partial charge on any atom is 0.492 e. The van der Waals surface area contributed by atoms with Crippen molar-refractivity contribution in [2.24, 2.45) is 0 Å². The van der Waals surface area contributed by atoms with Crippen LogP contribution in [0.2, 0.25) is 0 Å². The van der Waals surface area contributed by atoms with Gasteiger partial charge in [0.05, 0.1) is 47.3 Å². The summed E-state index contributed by atoms with van der Waals surface area (Å²) in [6.45, 7) is -0.927. The average molecular weight is 676 g/mol. The number of hydroxylamine groups is 1. The fourth-order valence-electron chi connectivity index (χ4n) is 4.84. The molecule has 3 aromatic carbocycles. The number of rotatable bonds is 9. The van der Waals surface area contributed by atoms with Crippen molar-refractivity contribution in [1.82, 2.24) is 19.2 Å². The number of imidazole rings is 1. The van der Waals surface area contributed by atoms with Gasteiger partial charge in [-0.2, -0.15) is 18.4 Å². The first kappa shape index (κ1) is 32.7. The van der Waals surface area contributed by atoms with E-state index in [0.717, 1.165) is 12.1 Å². The minimum Gasteiger partial charge on any atom is -0.345 e. The number of sulfonamides is 1. The van der Waals surface area contributed by atoms with Crippen LogP contribution in [0.15, 0.2) is 90.0 Å². The maximum atomic E-state index is 13.6. The van der Waals surface area contributed by atoms with Gasteiger partial charge in [0.2, 0.25) is 5.91 Å². The summed E-state index contributed by atoms with van der Waals surface area (Å²) in [4.78, 5) is 35.3. The number of aromatic amines is 1. The Labute approximate surface area is 261 Å². The van der Waals surface area contributed by atoms with E-state index in [-0.39, 0.29) is 33.4 Å². The Bertz CT molecular complexity index is 1910. The summed E-state index contributed by atoms with van der Waals surface area (Å²) in [5.74, 6) is -4.67. The highest BCUT2D eigenvalue weighted by molar-refractivity contribution is 8.23. The van der Waals surface area contributed by atoms with E-state index in [0.29, 0.717) is 11.3 Å². The molecule has 1 aliphatic rings. The Kier molecular flexibility index (Phi) is 8.93. The first-order chi connectivity index (χ1) is 21.7. The number of nitrogens with one attached hydrogen (secondary N) is 2. The predicted molar refractivity (Wildman–Crippen MR) is 158 cm³/mol. The molecule has 240 valence electrons. The van der Waals surface area contributed by atoms with E-state index in [1.165, 1.54) is 42.6 Å². The Morgan fingerprint density at radius 1 is 1.11 bits per heavy atom. The summed E-state index contributed by atoms with van der Waals surface area (Å²) in [5, 5.41) is 8.81. The van der Waals surface area contributed by atoms with Crippen LogP contribution >= 0.6 is 10.8 Å². The SMILES string of the molecule is N#Cc1cc(C(CN(OC(=O)C(F)(F)F)S(=O)(=O)c2ccccc2)c2ncc(-c3ccccc3)[nH]2)ccc1C1CC(=O)NS1(O)O. The lowest BCUT2D eigenvalue weighted by atomic mass is 9.93. The Balaban J connectivity index is 1.63. The van der Waals surface area contributed by atoms with Gasteiger partial charge in [-0.25, -0.2) is 18.2 Å². The number of benzene rings is 3. The topological polar surface area (TPSA) is 186 Å². The number of hydrogen-bond donors (Lipinski definition) is 4. The van der Waals surface area contributed by atoms with E-state index >= 15 is 0 Å². The number of hydrogen-bond acceptors (Lipinski definition) is 9. The fourth-order valence-corrected chi connectivity index (χ4v) is 7.59. The van der Waals surface area contributed by atoms with Crippen molar-refractivity contribution in [1.29, 1.82) is 5.26 Å². The summed E-state index contributed by atoms with van der Waals surface area (Å²) in [6.07, 6.45) is -4.45. The molecule has 1 aromatic heterocycles. The first-order valence-corrected chi connectivity index (χ1v) is 16.3. The molecule has 17 heteroatoms. The van der Waals surface area contributed by atoms with Crippen molar-refractivity contribution in [3.8, 4) is 17.3 Å². The molecule has 0 bridgehead atoms. The van der Waals surface area contributed by atoms with E-state index in [9.17, 15) is 45.5 Å². The molecular formula is C29H24F3N5O7S2. The van der Waals surface area contributed by atoms with Crippen molar-refractivity contribution in [3.63, 3.8) is 0 Å². The number of halogens is 3. The van der Waals surface area contributed by atoms with Crippen LogP contribution in [0.5, 0.6) is 0 Å². The van der Waals surface area contributed by atoms with Crippen LogP contribution in [-0.2, 0) is 24.4 Å². The Morgan fingerprint density at radius 2 is 1.76 bits per heavy atom. The molecule has 1 fully saturated rings. The van der Waals surface area contributed by atoms with Gasteiger partial charge in [-0.3, -0.25) is 18.6 Å². The van der Waals surface area contributed by atoms with Crippen LogP contribution in [0.1, 0.15) is 40.1 Å². The van der Waals surface area contributed by atoms with Crippen LogP contribution in [-0.4, -0.2) is 56.6 Å². The number of nitrogens with zero attached hydrogens (tertiary/aromatic N) is 3. The molecule has 46 heavy (non-hydrogen) atoms. The largest absolute Gasteiger partial charge is 0.492 e. The van der Waals surface area contributed by atoms with Gasteiger partial charge in [-0.05, 0) is 39.4 Å². The molecule has 0 radical (unpaired) electrons. The second kappa shape index (κ2) is 12.6. The Morgan fingerprint density at radius 3 is 2.35 bits per heavy atom. The predicted octanol–water partition coefficient (Wildman–Crippen LogP) is 5.02. The zero-order valence-corrected chi connectivity index (χ0v) is 25.0. The molecule has 0 saturated carbocycles. The summed E-state index contributed by atoms with van der Waals surface area (Å²) >= 11 is 0. The van der Waals surface area contributed by atoms with Crippen LogP contribution < -0.4 is 4.72 Å². The van der Waals surface area contributed by atoms with Crippen LogP contribution in [0.4, 0.5) is 13.2 Å². The van der Waals surface area contributed by atoms with Crippen molar-refractivity contribution in [2.45, 2.75) is 28.7 Å². The van der Waals surface area contributed by atoms with Gasteiger partial charge in [-0.1, -0.05) is 60.7 Å². The van der Waals surface area contributed by atoms with E-state index in [4.69, 9.17) is 0 Å². The number of aromatic nitrogens is 2. The lowest BCUT2D eigenvalue weighted by molar-refractivity contribution is -0.222. The number of nitriles is 1. The molecule has 2 unspecified atom stereocenters. The van der Waals surface area contributed by atoms with Crippen molar-refractivity contribution in [2.75, 3.05) is 6.54 Å². The molecule has 1 saturated heterocycles. The molecular weight excluding hydrogens is 651 g/mol. The third kappa shape index (κ3) is 6.76. The third-order valence-electron chi connectivity index (χ3n) is 7.05. The minimum absolute atomic E-state index is 0.0359. The lowest BCUT2D eigenvalue weighted by Crippen LogP contribution is -2.41. The highest BCUT2D eigenvalue weighted by Crippen LogP contribution is 2.57. The molecule has 1 amide bonds. The average Bonchev–Trinajstić information content (AvgIpc) is 3.62. The van der Waals surface area contributed by atoms with Crippen molar-refractivity contribution < 1.29 is 45.1 Å².